The molecule has 2 N–H and O–H groups in total. The summed E-state index contributed by atoms with van der Waals surface area (Å²) in [5.41, 5.74) is 3.26. The first kappa shape index (κ1) is 14.4. The predicted octanol–water partition coefficient (Wildman–Crippen LogP) is 3.15. The lowest BCUT2D eigenvalue weighted by Crippen LogP contribution is -2.14. The van der Waals surface area contributed by atoms with Crippen molar-refractivity contribution in [1.29, 1.82) is 0 Å². The molecule has 0 aliphatic rings. The Labute approximate surface area is 119 Å². The van der Waals surface area contributed by atoms with Gasteiger partial charge in [-0.15, -0.1) is 0 Å². The van der Waals surface area contributed by atoms with E-state index in [4.69, 9.17) is 0 Å². The molecule has 2 aromatic carbocycles. The second-order valence-electron chi connectivity index (χ2n) is 4.70. The van der Waals surface area contributed by atoms with E-state index in [-0.39, 0.29) is 0 Å². The van der Waals surface area contributed by atoms with Crippen LogP contribution in [0.25, 0.3) is 0 Å². The molecule has 0 saturated heterocycles. The fourth-order valence-corrected chi connectivity index (χ4v) is 3.30. The quantitative estimate of drug-likeness (QED) is 0.909. The SMILES string of the molecule is CNc1ccc(NS(=O)(=O)c2ccc(C)cc2C)cc1. The molecule has 0 radical (unpaired) electrons. The van der Waals surface area contributed by atoms with Gasteiger partial charge in [-0.3, -0.25) is 4.72 Å². The molecule has 0 fully saturated rings. The molecule has 106 valence electrons. The minimum Gasteiger partial charge on any atom is -0.388 e. The minimum atomic E-state index is -3.55. The van der Waals surface area contributed by atoms with Crippen LogP contribution in [0.2, 0.25) is 0 Å². The van der Waals surface area contributed by atoms with Gasteiger partial charge in [0.25, 0.3) is 10.0 Å². The molecule has 0 heterocycles. The summed E-state index contributed by atoms with van der Waals surface area (Å²) >= 11 is 0. The number of rotatable bonds is 4. The molecular formula is C15H18N2O2S. The smallest absolute Gasteiger partial charge is 0.262 e. The zero-order valence-corrected chi connectivity index (χ0v) is 12.6. The van der Waals surface area contributed by atoms with E-state index in [1.54, 1.807) is 31.2 Å². The summed E-state index contributed by atoms with van der Waals surface area (Å²) in [6.07, 6.45) is 0. The van der Waals surface area contributed by atoms with Crippen molar-refractivity contribution in [3.05, 3.63) is 53.6 Å². The van der Waals surface area contributed by atoms with Crippen LogP contribution in [0.4, 0.5) is 11.4 Å². The minimum absolute atomic E-state index is 0.306. The number of hydrogen-bond acceptors (Lipinski definition) is 3. The van der Waals surface area contributed by atoms with Crippen molar-refractivity contribution in [1.82, 2.24) is 0 Å². The lowest BCUT2D eigenvalue weighted by Gasteiger charge is -2.11. The Balaban J connectivity index is 2.30. The lowest BCUT2D eigenvalue weighted by atomic mass is 10.2. The van der Waals surface area contributed by atoms with Gasteiger partial charge in [-0.25, -0.2) is 8.42 Å². The maximum atomic E-state index is 12.4. The monoisotopic (exact) mass is 290 g/mol. The van der Waals surface area contributed by atoms with Gasteiger partial charge in [0.05, 0.1) is 4.90 Å². The highest BCUT2D eigenvalue weighted by Crippen LogP contribution is 2.21. The van der Waals surface area contributed by atoms with Crippen LogP contribution in [0.3, 0.4) is 0 Å². The average molecular weight is 290 g/mol. The van der Waals surface area contributed by atoms with E-state index in [0.717, 1.165) is 16.8 Å². The zero-order valence-electron chi connectivity index (χ0n) is 11.8. The normalized spacial score (nSPS) is 11.2. The van der Waals surface area contributed by atoms with Crippen molar-refractivity contribution in [2.24, 2.45) is 0 Å². The Morgan fingerprint density at radius 2 is 1.50 bits per heavy atom. The number of sulfonamides is 1. The number of aryl methyl sites for hydroxylation is 2. The molecule has 4 nitrogen and oxygen atoms in total. The van der Waals surface area contributed by atoms with E-state index in [2.05, 4.69) is 10.0 Å². The van der Waals surface area contributed by atoms with E-state index in [0.29, 0.717) is 10.6 Å². The maximum absolute atomic E-state index is 12.4. The van der Waals surface area contributed by atoms with Crippen molar-refractivity contribution in [2.45, 2.75) is 18.7 Å². The first-order valence-corrected chi connectivity index (χ1v) is 7.78. The van der Waals surface area contributed by atoms with Crippen molar-refractivity contribution in [3.8, 4) is 0 Å². The van der Waals surface area contributed by atoms with Gasteiger partial charge in [-0.1, -0.05) is 17.7 Å². The van der Waals surface area contributed by atoms with Crippen LogP contribution < -0.4 is 10.0 Å². The van der Waals surface area contributed by atoms with Gasteiger partial charge < -0.3 is 5.32 Å². The molecular weight excluding hydrogens is 272 g/mol. The molecule has 0 bridgehead atoms. The summed E-state index contributed by atoms with van der Waals surface area (Å²) in [5, 5.41) is 2.99. The largest absolute Gasteiger partial charge is 0.388 e. The summed E-state index contributed by atoms with van der Waals surface area (Å²) in [6, 6.07) is 12.4. The van der Waals surface area contributed by atoms with Gasteiger partial charge in [0, 0.05) is 18.4 Å². The third-order valence-corrected chi connectivity index (χ3v) is 4.59. The summed E-state index contributed by atoms with van der Waals surface area (Å²) in [5.74, 6) is 0. The summed E-state index contributed by atoms with van der Waals surface area (Å²) < 4.78 is 27.3. The van der Waals surface area contributed by atoms with E-state index in [9.17, 15) is 8.42 Å². The molecule has 2 aromatic rings. The fourth-order valence-electron chi connectivity index (χ4n) is 2.02. The van der Waals surface area contributed by atoms with Gasteiger partial charge in [-0.05, 0) is 49.7 Å². The van der Waals surface area contributed by atoms with Gasteiger partial charge >= 0.3 is 0 Å². The molecule has 0 aromatic heterocycles. The molecule has 0 unspecified atom stereocenters. The Hall–Kier alpha value is -2.01. The van der Waals surface area contributed by atoms with Crippen LogP contribution in [-0.4, -0.2) is 15.5 Å². The Morgan fingerprint density at radius 3 is 2.05 bits per heavy atom. The summed E-state index contributed by atoms with van der Waals surface area (Å²) in [4.78, 5) is 0.306. The van der Waals surface area contributed by atoms with Crippen LogP contribution in [0.1, 0.15) is 11.1 Å². The van der Waals surface area contributed by atoms with Crippen LogP contribution in [-0.2, 0) is 10.0 Å². The molecule has 0 atom stereocenters. The zero-order chi connectivity index (χ0) is 14.8. The fraction of sp³-hybridized carbons (Fsp3) is 0.200. The average Bonchev–Trinajstić information content (AvgIpc) is 2.38. The summed E-state index contributed by atoms with van der Waals surface area (Å²) in [6.45, 7) is 3.74. The van der Waals surface area contributed by atoms with Crippen LogP contribution in [0.15, 0.2) is 47.4 Å². The second-order valence-corrected chi connectivity index (χ2v) is 6.35. The first-order valence-electron chi connectivity index (χ1n) is 6.30. The van der Waals surface area contributed by atoms with Crippen LogP contribution >= 0.6 is 0 Å². The van der Waals surface area contributed by atoms with Crippen LogP contribution in [0, 0.1) is 13.8 Å². The Bertz CT molecular complexity index is 707. The highest BCUT2D eigenvalue weighted by molar-refractivity contribution is 7.92. The molecule has 2 rings (SSSR count). The Morgan fingerprint density at radius 1 is 0.900 bits per heavy atom. The third kappa shape index (κ3) is 3.11. The first-order chi connectivity index (χ1) is 9.42. The topological polar surface area (TPSA) is 58.2 Å². The van der Waals surface area contributed by atoms with Gasteiger partial charge in [-0.2, -0.15) is 0 Å². The number of anilines is 2. The van der Waals surface area contributed by atoms with Gasteiger partial charge in [0.1, 0.15) is 0 Å². The number of hydrogen-bond donors (Lipinski definition) is 2. The van der Waals surface area contributed by atoms with E-state index >= 15 is 0 Å². The van der Waals surface area contributed by atoms with Crippen LogP contribution in [0.5, 0.6) is 0 Å². The second kappa shape index (κ2) is 5.54. The van der Waals surface area contributed by atoms with Gasteiger partial charge in [0.2, 0.25) is 0 Å². The van der Waals surface area contributed by atoms with E-state index < -0.39 is 10.0 Å². The molecule has 0 aliphatic carbocycles. The van der Waals surface area contributed by atoms with Crippen molar-refractivity contribution in [2.75, 3.05) is 17.1 Å². The van der Waals surface area contributed by atoms with Crippen molar-refractivity contribution >= 4 is 21.4 Å². The Kier molecular flexibility index (Phi) is 3.99. The highest BCUT2D eigenvalue weighted by atomic mass is 32.2. The van der Waals surface area contributed by atoms with Gasteiger partial charge in [0.15, 0.2) is 0 Å². The number of benzene rings is 2. The number of nitrogens with one attached hydrogen (secondary N) is 2. The van der Waals surface area contributed by atoms with Crippen molar-refractivity contribution in [3.63, 3.8) is 0 Å². The molecule has 5 heteroatoms. The van der Waals surface area contributed by atoms with E-state index in [1.165, 1.54) is 0 Å². The molecule has 0 spiro atoms. The molecule has 0 amide bonds. The summed E-state index contributed by atoms with van der Waals surface area (Å²) in [7, 11) is -1.74. The molecule has 0 aliphatic heterocycles. The highest BCUT2D eigenvalue weighted by Gasteiger charge is 2.16. The molecule has 20 heavy (non-hydrogen) atoms. The lowest BCUT2D eigenvalue weighted by molar-refractivity contribution is 0.600. The maximum Gasteiger partial charge on any atom is 0.262 e. The standard InChI is InChI=1S/C15H18N2O2S/c1-11-4-9-15(12(2)10-11)20(18,19)17-14-7-5-13(16-3)6-8-14/h4-10,16-17H,1-3H3. The van der Waals surface area contributed by atoms with E-state index in [1.807, 2.05) is 32.2 Å². The predicted molar refractivity (Wildman–Crippen MR) is 82.7 cm³/mol. The molecule has 0 saturated carbocycles. The third-order valence-electron chi connectivity index (χ3n) is 3.05. The van der Waals surface area contributed by atoms with Crippen molar-refractivity contribution < 1.29 is 8.42 Å².